The smallest absolute Gasteiger partial charge is 0.309 e. The van der Waals surface area contributed by atoms with Gasteiger partial charge in [-0.2, -0.15) is 5.26 Å². The van der Waals surface area contributed by atoms with Crippen LogP contribution < -0.4 is 4.73 Å². The molecule has 1 aromatic rings. The average Bonchev–Trinajstić information content (AvgIpc) is 3.45. The van der Waals surface area contributed by atoms with E-state index >= 15 is 0 Å². The highest BCUT2D eigenvalue weighted by Crippen LogP contribution is 2.45. The third-order valence-corrected chi connectivity index (χ3v) is 8.90. The lowest BCUT2D eigenvalue weighted by atomic mass is 9.73. The minimum Gasteiger partial charge on any atom is -0.458 e. The number of ether oxygens (including phenoxy) is 2. The minimum absolute atomic E-state index is 0.199. The number of epoxide rings is 1. The number of fused-ring (bicyclic) bond motifs is 1. The van der Waals surface area contributed by atoms with Crippen LogP contribution in [-0.2, 0) is 19.1 Å². The summed E-state index contributed by atoms with van der Waals surface area (Å²) in [5.74, 6) is -1.96. The van der Waals surface area contributed by atoms with Crippen LogP contribution in [0.3, 0.4) is 0 Å². The zero-order valence-corrected chi connectivity index (χ0v) is 23.2. The largest absolute Gasteiger partial charge is 0.458 e. The fourth-order valence-electron chi connectivity index (χ4n) is 5.08. The molecule has 10 heteroatoms. The summed E-state index contributed by atoms with van der Waals surface area (Å²) in [4.78, 5) is 26.2. The summed E-state index contributed by atoms with van der Waals surface area (Å²) in [6.07, 6.45) is -0.209. The van der Waals surface area contributed by atoms with E-state index in [1.54, 1.807) is 46.1 Å². The molecule has 0 radical (unpaired) electrons. The van der Waals surface area contributed by atoms with Gasteiger partial charge in [-0.15, -0.1) is 0 Å². The molecule has 0 bridgehead atoms. The summed E-state index contributed by atoms with van der Waals surface area (Å²) in [6, 6.07) is 2.27. The highest BCUT2D eigenvalue weighted by atomic mass is 32.1. The van der Waals surface area contributed by atoms with E-state index in [-0.39, 0.29) is 18.1 Å². The Morgan fingerprint density at radius 1 is 1.30 bits per heavy atom. The zero-order valence-electron chi connectivity index (χ0n) is 22.4. The third kappa shape index (κ3) is 6.23. The zero-order chi connectivity index (χ0) is 27.7. The highest BCUT2D eigenvalue weighted by molar-refractivity contribution is 7.09. The van der Waals surface area contributed by atoms with Crippen LogP contribution in [0.4, 0.5) is 0 Å². The normalized spacial score (nSPS) is 35.8. The Bertz CT molecular complexity index is 1090. The van der Waals surface area contributed by atoms with Crippen LogP contribution in [-0.4, -0.2) is 57.2 Å². The van der Waals surface area contributed by atoms with Gasteiger partial charge >= 0.3 is 5.97 Å². The number of ketones is 1. The highest BCUT2D eigenvalue weighted by Gasteiger charge is 2.57. The predicted octanol–water partition coefficient (Wildman–Crippen LogP) is 3.11. The Labute approximate surface area is 222 Å². The lowest BCUT2D eigenvalue weighted by Crippen LogP contribution is -2.45. The molecule has 3 heterocycles. The van der Waals surface area contributed by atoms with Crippen molar-refractivity contribution < 1.29 is 39.2 Å². The Morgan fingerprint density at radius 3 is 2.57 bits per heavy atom. The Balaban J connectivity index is 1.91. The van der Waals surface area contributed by atoms with E-state index in [1.165, 1.54) is 11.3 Å². The lowest BCUT2D eigenvalue weighted by molar-refractivity contribution is -0.906. The minimum atomic E-state index is -1.32. The van der Waals surface area contributed by atoms with Crippen molar-refractivity contribution >= 4 is 29.2 Å². The Kier molecular flexibility index (Phi) is 8.85. The number of hydrogen-bond acceptors (Lipinski definition) is 9. The molecular weight excluding hydrogens is 496 g/mol. The molecule has 2 aliphatic heterocycles. The molecule has 0 amide bonds. The number of carbonyl (C=O) groups excluding carboxylic acids is 2. The molecule has 2 saturated heterocycles. The molecule has 37 heavy (non-hydrogen) atoms. The molecule has 1 unspecified atom stereocenters. The van der Waals surface area contributed by atoms with Gasteiger partial charge in [-0.3, -0.25) is 14.8 Å². The second-order valence-electron chi connectivity index (χ2n) is 11.2. The molecule has 0 spiro atoms. The maximum absolute atomic E-state index is 13.2. The fourth-order valence-corrected chi connectivity index (χ4v) is 5.74. The van der Waals surface area contributed by atoms with Crippen molar-refractivity contribution in [1.82, 2.24) is 0 Å². The van der Waals surface area contributed by atoms with Crippen molar-refractivity contribution in [3.05, 3.63) is 21.7 Å². The number of carbonyl (C=O) groups is 2. The Hall–Kier alpha value is -2.32. The number of thiazole rings is 1. The molecule has 2 aliphatic rings. The lowest BCUT2D eigenvalue weighted by Gasteiger charge is -2.34. The number of aliphatic hydroxyl groups excluding tert-OH is 2. The molecule has 3 N–H and O–H groups in total. The molecule has 1 aromatic heterocycles. The molecule has 9 nitrogen and oxygen atoms in total. The van der Waals surface area contributed by atoms with Gasteiger partial charge in [0.1, 0.15) is 24.1 Å². The molecule has 0 saturated carbocycles. The van der Waals surface area contributed by atoms with E-state index in [9.17, 15) is 30.3 Å². The summed E-state index contributed by atoms with van der Waals surface area (Å²) in [7, 11) is 0. The van der Waals surface area contributed by atoms with E-state index in [4.69, 9.17) is 9.47 Å². The first kappa shape index (κ1) is 29.2. The van der Waals surface area contributed by atoms with Crippen molar-refractivity contribution in [3.8, 4) is 6.07 Å². The molecule has 3 rings (SSSR count). The molecule has 7 atom stereocenters. The number of nitriles is 1. The van der Waals surface area contributed by atoms with Crippen LogP contribution in [0.2, 0.25) is 0 Å². The summed E-state index contributed by atoms with van der Waals surface area (Å²) >= 11 is 1.37. The maximum Gasteiger partial charge on any atom is 0.309 e. The number of cyclic esters (lactones) is 1. The number of nitrogens with zero attached hydrogens (tertiary/aromatic N) is 2. The number of hydrogen-bond donors (Lipinski definition) is 3. The van der Waals surface area contributed by atoms with Gasteiger partial charge in [0.15, 0.2) is 5.60 Å². The maximum atomic E-state index is 13.2. The van der Waals surface area contributed by atoms with Crippen LogP contribution >= 0.6 is 11.3 Å². The van der Waals surface area contributed by atoms with Crippen molar-refractivity contribution in [1.29, 1.82) is 5.26 Å². The van der Waals surface area contributed by atoms with Gasteiger partial charge in [0.05, 0.1) is 29.4 Å². The van der Waals surface area contributed by atoms with Crippen LogP contribution in [0.1, 0.15) is 77.4 Å². The van der Waals surface area contributed by atoms with E-state index in [1.807, 2.05) is 6.92 Å². The number of aryl methyl sites for hydroxylation is 1. The second-order valence-corrected chi connectivity index (χ2v) is 12.2. The number of aromatic nitrogens is 1. The second kappa shape index (κ2) is 11.2. The number of Topliss-reactive ketones (excluding diaryl/α,β-unsaturated/α-hetero) is 1. The van der Waals surface area contributed by atoms with Crippen molar-refractivity contribution in [3.63, 3.8) is 0 Å². The summed E-state index contributed by atoms with van der Waals surface area (Å²) in [5.41, 5.74) is -1.10. The van der Waals surface area contributed by atoms with Crippen LogP contribution in [0.15, 0.2) is 11.0 Å². The predicted molar refractivity (Wildman–Crippen MR) is 135 cm³/mol. The van der Waals surface area contributed by atoms with Gasteiger partial charge < -0.3 is 19.7 Å². The molecular formula is C27H39N2O7S+. The third-order valence-electron chi connectivity index (χ3n) is 8.03. The number of esters is 1. The van der Waals surface area contributed by atoms with E-state index in [0.29, 0.717) is 35.5 Å². The van der Waals surface area contributed by atoms with Gasteiger partial charge in [0.25, 0.3) is 10.7 Å². The summed E-state index contributed by atoms with van der Waals surface area (Å²) < 4.78 is 12.7. The van der Waals surface area contributed by atoms with Crippen molar-refractivity contribution in [2.24, 2.45) is 17.3 Å². The van der Waals surface area contributed by atoms with E-state index < -0.39 is 53.7 Å². The topological polar surface area (TPSA) is 144 Å². The Morgan fingerprint density at radius 2 is 1.97 bits per heavy atom. The summed E-state index contributed by atoms with van der Waals surface area (Å²) in [5, 5.41) is 44.3. The average molecular weight is 536 g/mol. The standard InChI is InChI=1S/C27H39N2O7S/c1-15-8-7-9-27(14-28)22(36-27)11-20(16(2)10-19-13-37-18(4)29(19)34)35-23(31)12-21(30)26(5,6)25(33)17(3)24(15)32/h10,13,15,17,20-22,24,30,32,34H,7-9,11-12H2,1-6H3/q+1/b16-10+/t15-,17+,20-,21-,22?,24-,27+/m0/s1. The fraction of sp³-hybridized carbons (Fsp3) is 0.704. The number of rotatable bonds is 2. The van der Waals surface area contributed by atoms with Gasteiger partial charge in [-0.1, -0.05) is 39.0 Å². The first-order valence-electron chi connectivity index (χ1n) is 12.8. The summed E-state index contributed by atoms with van der Waals surface area (Å²) in [6.45, 7) is 10.2. The monoisotopic (exact) mass is 535 g/mol. The molecule has 0 aromatic carbocycles. The van der Waals surface area contributed by atoms with Gasteiger partial charge in [0, 0.05) is 30.1 Å². The van der Waals surface area contributed by atoms with Crippen molar-refractivity contribution in [2.75, 3.05) is 0 Å². The number of aliphatic hydroxyl groups is 2. The van der Waals surface area contributed by atoms with E-state index in [0.717, 1.165) is 4.73 Å². The van der Waals surface area contributed by atoms with Gasteiger partial charge in [-0.25, -0.2) is 0 Å². The first-order valence-corrected chi connectivity index (χ1v) is 13.7. The molecule has 2 fully saturated rings. The molecule has 0 aliphatic carbocycles. The van der Waals surface area contributed by atoms with Crippen molar-refractivity contribution in [2.45, 2.75) is 104 Å². The van der Waals surface area contributed by atoms with Crippen LogP contribution in [0.5, 0.6) is 0 Å². The van der Waals surface area contributed by atoms with Gasteiger partial charge in [-0.05, 0) is 37.7 Å². The van der Waals surface area contributed by atoms with E-state index in [2.05, 4.69) is 6.07 Å². The van der Waals surface area contributed by atoms with Gasteiger partial charge in [0.2, 0.25) is 0 Å². The first-order chi connectivity index (χ1) is 17.2. The molecule has 204 valence electrons. The van der Waals surface area contributed by atoms with Crippen LogP contribution in [0, 0.1) is 35.5 Å². The van der Waals surface area contributed by atoms with Crippen LogP contribution in [0.25, 0.3) is 6.08 Å². The SMILES string of the molecule is C/C(=C\c1csc(C)[n+]1O)[C@@H]1CC2O[C@@]2(C#N)CCC[C@H](C)[C@H](O)[C@@H](C)C(=O)C(C)(C)[C@@H](O)CC(=O)O1. The quantitative estimate of drug-likeness (QED) is 0.227.